The van der Waals surface area contributed by atoms with Crippen LogP contribution < -0.4 is 4.74 Å². The zero-order valence-corrected chi connectivity index (χ0v) is 28.4. The van der Waals surface area contributed by atoms with Crippen LogP contribution in [0.25, 0.3) is 54.9 Å². The Labute approximate surface area is 282 Å². The Bertz CT molecular complexity index is 2490. The summed E-state index contributed by atoms with van der Waals surface area (Å²) >= 11 is 0. The first-order valence-corrected chi connectivity index (χ1v) is 15.8. The van der Waals surface area contributed by atoms with Gasteiger partial charge in [0.2, 0.25) is 0 Å². The second kappa shape index (κ2) is 10.8. The van der Waals surface area contributed by atoms with Crippen LogP contribution in [0, 0.1) is 12.1 Å². The maximum absolute atomic E-state index is 6.53. The summed E-state index contributed by atoms with van der Waals surface area (Å²) in [5.41, 5.74) is 9.52. The summed E-state index contributed by atoms with van der Waals surface area (Å²) in [6.45, 7) is 8.94. The average Bonchev–Trinajstić information content (AvgIpc) is 3.64. The predicted octanol–water partition coefficient (Wildman–Crippen LogP) is 9.87. The molecule has 0 bridgehead atoms. The third-order valence-electron chi connectivity index (χ3n) is 9.46. The smallest absolute Gasteiger partial charge is 0.503 e. The molecule has 0 amide bonds. The predicted molar refractivity (Wildman–Crippen MR) is 182 cm³/mol. The van der Waals surface area contributed by atoms with E-state index in [1.165, 1.54) is 33.3 Å². The van der Waals surface area contributed by atoms with Gasteiger partial charge in [0.05, 0.1) is 5.65 Å². The number of ether oxygens (including phenoxy) is 1. The Balaban J connectivity index is 0.00000312. The van der Waals surface area contributed by atoms with E-state index in [0.29, 0.717) is 23.3 Å². The Morgan fingerprint density at radius 2 is 1.52 bits per heavy atom. The van der Waals surface area contributed by atoms with Crippen LogP contribution >= 0.6 is 0 Å². The van der Waals surface area contributed by atoms with Gasteiger partial charge in [0.1, 0.15) is 5.82 Å². The van der Waals surface area contributed by atoms with Crippen LogP contribution in [0.2, 0.25) is 0 Å². The molecule has 1 aliphatic heterocycles. The van der Waals surface area contributed by atoms with Crippen molar-refractivity contribution in [2.75, 3.05) is 0 Å². The van der Waals surface area contributed by atoms with E-state index in [-0.39, 0.29) is 21.1 Å². The molecule has 1 aliphatic rings. The minimum atomic E-state index is 0. The van der Waals surface area contributed by atoms with E-state index in [1.807, 2.05) is 24.5 Å². The van der Waals surface area contributed by atoms with Gasteiger partial charge in [-0.3, -0.25) is 4.98 Å². The van der Waals surface area contributed by atoms with Crippen molar-refractivity contribution in [3.63, 3.8) is 0 Å². The van der Waals surface area contributed by atoms with Crippen molar-refractivity contribution in [3.8, 4) is 17.3 Å². The number of benzene rings is 4. The molecule has 0 atom stereocenters. The van der Waals surface area contributed by atoms with Crippen molar-refractivity contribution in [1.82, 2.24) is 18.9 Å². The number of nitrogens with zero attached hydrogens (tertiary/aromatic N) is 4. The van der Waals surface area contributed by atoms with Crippen LogP contribution in [0.4, 0.5) is 0 Å². The van der Waals surface area contributed by atoms with Gasteiger partial charge in [-0.15, -0.1) is 29.7 Å². The van der Waals surface area contributed by atoms with Gasteiger partial charge in [0.25, 0.3) is 0 Å². The standard InChI is InChI=1S/C40H32N4O.Pt/c1-23(2)25-15-16-41-38(19-25)44-36-8-6-5-7-32(36)33-14-12-30(21-37(33)44)45-29-11-13-31-34-18-27(24(3)4)17-26-9-10-28-22-42-40(35(31)20-29)43(28)39(26)34;/h5-8,11-19,22-24H,9-10H2,1-4H3;/q-2;+2. The first-order chi connectivity index (χ1) is 21.9. The van der Waals surface area contributed by atoms with Gasteiger partial charge >= 0.3 is 21.1 Å². The number of aromatic nitrogens is 4. The topological polar surface area (TPSA) is 44.4 Å². The van der Waals surface area contributed by atoms with E-state index < -0.39 is 0 Å². The minimum Gasteiger partial charge on any atom is -0.503 e. The molecule has 4 aromatic carbocycles. The molecule has 4 aromatic heterocycles. The molecule has 0 aliphatic carbocycles. The molecule has 0 N–H and O–H groups in total. The molecule has 6 heteroatoms. The molecule has 0 saturated heterocycles. The van der Waals surface area contributed by atoms with Gasteiger partial charge < -0.3 is 13.7 Å². The fourth-order valence-electron chi connectivity index (χ4n) is 7.11. The third kappa shape index (κ3) is 4.32. The average molecular weight is 780 g/mol. The van der Waals surface area contributed by atoms with E-state index in [0.717, 1.165) is 56.9 Å². The van der Waals surface area contributed by atoms with Gasteiger partial charge in [-0.25, -0.2) is 4.98 Å². The first kappa shape index (κ1) is 29.0. The number of rotatable bonds is 5. The van der Waals surface area contributed by atoms with Crippen LogP contribution in [-0.4, -0.2) is 18.9 Å². The van der Waals surface area contributed by atoms with E-state index >= 15 is 0 Å². The van der Waals surface area contributed by atoms with E-state index in [9.17, 15) is 0 Å². The monoisotopic (exact) mass is 779 g/mol. The van der Waals surface area contributed by atoms with Crippen molar-refractivity contribution in [2.24, 2.45) is 0 Å². The Hall–Kier alpha value is -4.47. The van der Waals surface area contributed by atoms with Crippen LogP contribution in [0.1, 0.15) is 61.9 Å². The fourth-order valence-corrected chi connectivity index (χ4v) is 7.11. The zero-order chi connectivity index (χ0) is 30.4. The summed E-state index contributed by atoms with van der Waals surface area (Å²) in [5, 5.41) is 5.67. The molecule has 46 heavy (non-hydrogen) atoms. The molecule has 0 radical (unpaired) electrons. The van der Waals surface area contributed by atoms with Gasteiger partial charge in [-0.1, -0.05) is 80.4 Å². The largest absolute Gasteiger partial charge is 2.00 e. The number of pyridine rings is 2. The SMILES string of the molecule is CC(C)c1ccnc(-n2c3[c-]c(Oc4[c-]c5c(cc4)c4cc(C(C)C)cc6c4n4c(cnc54)CC6)ccc3c3ccccc32)c1.[Pt+2]. The van der Waals surface area contributed by atoms with Gasteiger partial charge in [-0.05, 0) is 70.3 Å². The van der Waals surface area contributed by atoms with Crippen molar-refractivity contribution >= 4 is 49.1 Å². The van der Waals surface area contributed by atoms with Crippen LogP contribution in [-0.2, 0) is 33.9 Å². The summed E-state index contributed by atoms with van der Waals surface area (Å²) < 4.78 is 11.1. The molecule has 0 saturated carbocycles. The number of imidazole rings is 1. The number of fused-ring (bicyclic) bond motifs is 6. The van der Waals surface area contributed by atoms with Crippen molar-refractivity contribution in [1.29, 1.82) is 0 Å². The quantitative estimate of drug-likeness (QED) is 0.129. The van der Waals surface area contributed by atoms with Crippen molar-refractivity contribution in [2.45, 2.75) is 52.4 Å². The van der Waals surface area contributed by atoms with E-state index in [4.69, 9.17) is 14.7 Å². The maximum atomic E-state index is 6.53. The number of hydrogen-bond donors (Lipinski definition) is 0. The molecule has 0 spiro atoms. The summed E-state index contributed by atoms with van der Waals surface area (Å²) in [5.74, 6) is 3.01. The second-order valence-electron chi connectivity index (χ2n) is 12.9. The number of para-hydroxylation sites is 1. The molecule has 228 valence electrons. The minimum absolute atomic E-state index is 0. The van der Waals surface area contributed by atoms with Crippen LogP contribution in [0.5, 0.6) is 11.5 Å². The van der Waals surface area contributed by atoms with Crippen LogP contribution in [0.3, 0.4) is 0 Å². The third-order valence-corrected chi connectivity index (χ3v) is 9.46. The van der Waals surface area contributed by atoms with Gasteiger partial charge in [0, 0.05) is 40.6 Å². The van der Waals surface area contributed by atoms with E-state index in [1.54, 1.807) is 0 Å². The molecule has 9 rings (SSSR count). The Morgan fingerprint density at radius 3 is 2.35 bits per heavy atom. The molecule has 5 nitrogen and oxygen atoms in total. The van der Waals surface area contributed by atoms with Crippen LogP contribution in [0.15, 0.2) is 85.2 Å². The van der Waals surface area contributed by atoms with E-state index in [2.05, 4.69) is 109 Å². The Morgan fingerprint density at radius 1 is 0.739 bits per heavy atom. The molecule has 0 fully saturated rings. The fraction of sp³-hybridized carbons (Fsp3) is 0.200. The maximum Gasteiger partial charge on any atom is 2.00 e. The molecular weight excluding hydrogens is 748 g/mol. The molecule has 8 aromatic rings. The van der Waals surface area contributed by atoms with Gasteiger partial charge in [-0.2, -0.15) is 6.07 Å². The normalized spacial score (nSPS) is 12.8. The summed E-state index contributed by atoms with van der Waals surface area (Å²) in [4.78, 5) is 9.68. The zero-order valence-electron chi connectivity index (χ0n) is 26.2. The second-order valence-corrected chi connectivity index (χ2v) is 12.9. The molecule has 0 unspecified atom stereocenters. The van der Waals surface area contributed by atoms with Crippen molar-refractivity contribution in [3.05, 3.63) is 120 Å². The number of hydrogen-bond acceptors (Lipinski definition) is 3. The molecular formula is C40H32N4OPt. The van der Waals surface area contributed by atoms with Gasteiger partial charge in [0.15, 0.2) is 0 Å². The Kier molecular flexibility index (Phi) is 6.81. The first-order valence-electron chi connectivity index (χ1n) is 15.8. The summed E-state index contributed by atoms with van der Waals surface area (Å²) in [7, 11) is 0. The number of aryl methyl sites for hydroxylation is 2. The van der Waals surface area contributed by atoms with Crippen molar-refractivity contribution < 1.29 is 25.8 Å². The summed E-state index contributed by atoms with van der Waals surface area (Å²) in [6.07, 6.45) is 5.95. The summed E-state index contributed by atoms with van der Waals surface area (Å²) in [6, 6.07) is 33.0. The molecule has 5 heterocycles.